The molecule has 2 aliphatic rings. The van der Waals surface area contributed by atoms with Gasteiger partial charge in [-0.2, -0.15) is 0 Å². The molecular formula is C20H20N4O3. The zero-order chi connectivity index (χ0) is 18.8. The summed E-state index contributed by atoms with van der Waals surface area (Å²) < 4.78 is 0. The normalized spacial score (nSPS) is 16.0. The predicted octanol–water partition coefficient (Wildman–Crippen LogP) is 2.31. The number of nitrogens with one attached hydrogen (secondary N) is 1. The van der Waals surface area contributed by atoms with E-state index in [2.05, 4.69) is 15.2 Å². The average Bonchev–Trinajstić information content (AvgIpc) is 3.30. The number of imide groups is 1. The van der Waals surface area contributed by atoms with Gasteiger partial charge in [-0.1, -0.05) is 12.1 Å². The number of rotatable bonds is 5. The first-order valence-electron chi connectivity index (χ1n) is 9.09. The van der Waals surface area contributed by atoms with Gasteiger partial charge in [0.1, 0.15) is 5.82 Å². The van der Waals surface area contributed by atoms with E-state index in [0.29, 0.717) is 16.8 Å². The van der Waals surface area contributed by atoms with Crippen molar-refractivity contribution in [2.45, 2.75) is 19.3 Å². The zero-order valence-electron chi connectivity index (χ0n) is 14.9. The Bertz CT molecular complexity index is 853. The SMILES string of the molecule is O=C(CCN1C(=O)c2ccccc2C1=O)Nc1ccc(N2CCCC2)nc1. The molecule has 0 bridgehead atoms. The van der Waals surface area contributed by atoms with Crippen molar-refractivity contribution in [2.24, 2.45) is 0 Å². The average molecular weight is 364 g/mol. The molecule has 3 heterocycles. The molecule has 0 aliphatic carbocycles. The van der Waals surface area contributed by atoms with Crippen molar-refractivity contribution >= 4 is 29.2 Å². The molecule has 1 aromatic carbocycles. The predicted molar refractivity (Wildman–Crippen MR) is 101 cm³/mol. The molecule has 7 heteroatoms. The van der Waals surface area contributed by atoms with Crippen LogP contribution in [0.2, 0.25) is 0 Å². The van der Waals surface area contributed by atoms with Gasteiger partial charge in [-0.05, 0) is 37.1 Å². The Kier molecular flexibility index (Phi) is 4.58. The van der Waals surface area contributed by atoms with Crippen molar-refractivity contribution < 1.29 is 14.4 Å². The molecule has 0 unspecified atom stereocenters. The van der Waals surface area contributed by atoms with Gasteiger partial charge in [-0.3, -0.25) is 19.3 Å². The standard InChI is InChI=1S/C20H20N4O3/c25-18(22-14-7-8-17(21-13-14)23-10-3-4-11-23)9-12-24-19(26)15-5-1-2-6-16(15)20(24)27/h1-2,5-8,13H,3-4,9-12H2,(H,22,25). The number of fused-ring (bicyclic) bond motifs is 1. The van der Waals surface area contributed by atoms with Crippen LogP contribution in [0.3, 0.4) is 0 Å². The summed E-state index contributed by atoms with van der Waals surface area (Å²) in [4.78, 5) is 44.5. The highest BCUT2D eigenvalue weighted by atomic mass is 16.2. The number of anilines is 2. The lowest BCUT2D eigenvalue weighted by atomic mass is 10.1. The molecule has 0 radical (unpaired) electrons. The zero-order valence-corrected chi connectivity index (χ0v) is 14.9. The van der Waals surface area contributed by atoms with Crippen LogP contribution in [-0.2, 0) is 4.79 Å². The molecule has 138 valence electrons. The van der Waals surface area contributed by atoms with Crippen LogP contribution in [0.4, 0.5) is 11.5 Å². The smallest absolute Gasteiger partial charge is 0.261 e. The number of nitrogens with zero attached hydrogens (tertiary/aromatic N) is 3. The van der Waals surface area contributed by atoms with E-state index in [9.17, 15) is 14.4 Å². The van der Waals surface area contributed by atoms with E-state index in [4.69, 9.17) is 0 Å². The number of hydrogen-bond acceptors (Lipinski definition) is 5. The van der Waals surface area contributed by atoms with Gasteiger partial charge >= 0.3 is 0 Å². The second-order valence-corrected chi connectivity index (χ2v) is 6.70. The largest absolute Gasteiger partial charge is 0.357 e. The first kappa shape index (κ1) is 17.2. The number of carbonyl (C=O) groups is 3. The highest BCUT2D eigenvalue weighted by molar-refractivity contribution is 6.21. The van der Waals surface area contributed by atoms with Gasteiger partial charge in [0.2, 0.25) is 5.91 Å². The maximum absolute atomic E-state index is 12.3. The summed E-state index contributed by atoms with van der Waals surface area (Å²) in [5, 5.41) is 2.77. The van der Waals surface area contributed by atoms with Crippen molar-refractivity contribution in [1.82, 2.24) is 9.88 Å². The molecule has 3 amide bonds. The molecule has 27 heavy (non-hydrogen) atoms. The van der Waals surface area contributed by atoms with Crippen LogP contribution in [-0.4, -0.2) is 47.2 Å². The summed E-state index contributed by atoms with van der Waals surface area (Å²) >= 11 is 0. The number of carbonyl (C=O) groups excluding carboxylic acids is 3. The van der Waals surface area contributed by atoms with Crippen LogP contribution in [0.15, 0.2) is 42.6 Å². The lowest BCUT2D eigenvalue weighted by molar-refractivity contribution is -0.116. The second-order valence-electron chi connectivity index (χ2n) is 6.70. The maximum atomic E-state index is 12.3. The topological polar surface area (TPSA) is 82.6 Å². The van der Waals surface area contributed by atoms with E-state index < -0.39 is 0 Å². The summed E-state index contributed by atoms with van der Waals surface area (Å²) in [6, 6.07) is 10.4. The quantitative estimate of drug-likeness (QED) is 0.823. The minimum atomic E-state index is -0.347. The van der Waals surface area contributed by atoms with Crippen molar-refractivity contribution in [3.8, 4) is 0 Å². The lowest BCUT2D eigenvalue weighted by Gasteiger charge is -2.16. The van der Waals surface area contributed by atoms with Crippen molar-refractivity contribution in [1.29, 1.82) is 0 Å². The van der Waals surface area contributed by atoms with Crippen molar-refractivity contribution in [2.75, 3.05) is 29.9 Å². The summed E-state index contributed by atoms with van der Waals surface area (Å²) in [5.41, 5.74) is 1.39. The van der Waals surface area contributed by atoms with Gasteiger partial charge < -0.3 is 10.2 Å². The van der Waals surface area contributed by atoms with Gasteiger partial charge in [0.25, 0.3) is 11.8 Å². The van der Waals surface area contributed by atoms with E-state index >= 15 is 0 Å². The van der Waals surface area contributed by atoms with Crippen LogP contribution in [0.1, 0.15) is 40.0 Å². The Morgan fingerprint density at radius 3 is 2.26 bits per heavy atom. The first-order valence-corrected chi connectivity index (χ1v) is 9.09. The number of aromatic nitrogens is 1. The highest BCUT2D eigenvalue weighted by Crippen LogP contribution is 2.23. The fraction of sp³-hybridized carbons (Fsp3) is 0.300. The molecule has 1 aromatic heterocycles. The van der Waals surface area contributed by atoms with E-state index in [-0.39, 0.29) is 30.7 Å². The monoisotopic (exact) mass is 364 g/mol. The van der Waals surface area contributed by atoms with Crippen LogP contribution < -0.4 is 10.2 Å². The van der Waals surface area contributed by atoms with Gasteiger partial charge in [-0.25, -0.2) is 4.98 Å². The molecule has 1 N–H and O–H groups in total. The van der Waals surface area contributed by atoms with E-state index in [1.165, 1.54) is 12.8 Å². The molecule has 2 aliphatic heterocycles. The first-order chi connectivity index (χ1) is 13.1. The summed E-state index contributed by atoms with van der Waals surface area (Å²) in [7, 11) is 0. The van der Waals surface area contributed by atoms with Crippen LogP contribution in [0, 0.1) is 0 Å². The number of hydrogen-bond donors (Lipinski definition) is 1. The highest BCUT2D eigenvalue weighted by Gasteiger charge is 2.34. The van der Waals surface area contributed by atoms with Gasteiger partial charge in [0.05, 0.1) is 23.0 Å². The van der Waals surface area contributed by atoms with E-state index in [1.54, 1.807) is 30.5 Å². The molecule has 2 aromatic rings. The Hall–Kier alpha value is -3.22. The van der Waals surface area contributed by atoms with Crippen LogP contribution >= 0.6 is 0 Å². The minimum Gasteiger partial charge on any atom is -0.357 e. The fourth-order valence-corrected chi connectivity index (χ4v) is 3.47. The molecule has 0 atom stereocenters. The fourth-order valence-electron chi connectivity index (χ4n) is 3.47. The van der Waals surface area contributed by atoms with Crippen molar-refractivity contribution in [3.63, 3.8) is 0 Å². The number of benzene rings is 1. The van der Waals surface area contributed by atoms with Gasteiger partial charge in [0, 0.05) is 26.1 Å². The summed E-state index contributed by atoms with van der Waals surface area (Å²) in [6.07, 6.45) is 4.03. The number of amides is 3. The van der Waals surface area contributed by atoms with E-state index in [0.717, 1.165) is 23.8 Å². The van der Waals surface area contributed by atoms with Crippen LogP contribution in [0.25, 0.3) is 0 Å². The molecular weight excluding hydrogens is 344 g/mol. The molecule has 0 spiro atoms. The Balaban J connectivity index is 1.32. The third-order valence-electron chi connectivity index (χ3n) is 4.90. The second kappa shape index (κ2) is 7.19. The third kappa shape index (κ3) is 3.40. The molecule has 1 fully saturated rings. The van der Waals surface area contributed by atoms with Crippen molar-refractivity contribution in [3.05, 3.63) is 53.7 Å². The van der Waals surface area contributed by atoms with E-state index in [1.807, 2.05) is 12.1 Å². The van der Waals surface area contributed by atoms with Crippen LogP contribution in [0.5, 0.6) is 0 Å². The minimum absolute atomic E-state index is 0.0410. The molecule has 1 saturated heterocycles. The summed E-state index contributed by atoms with van der Waals surface area (Å²) in [6.45, 7) is 2.08. The molecule has 4 rings (SSSR count). The Labute approximate surface area is 157 Å². The Morgan fingerprint density at radius 1 is 1.00 bits per heavy atom. The summed E-state index contributed by atoms with van der Waals surface area (Å²) in [5.74, 6) is -0.0427. The van der Waals surface area contributed by atoms with Gasteiger partial charge in [0.15, 0.2) is 0 Å². The number of pyridine rings is 1. The lowest BCUT2D eigenvalue weighted by Crippen LogP contribution is -2.32. The Morgan fingerprint density at radius 2 is 1.67 bits per heavy atom. The molecule has 7 nitrogen and oxygen atoms in total. The third-order valence-corrected chi connectivity index (χ3v) is 4.90. The molecule has 0 saturated carbocycles. The maximum Gasteiger partial charge on any atom is 0.261 e. The van der Waals surface area contributed by atoms with Gasteiger partial charge in [-0.15, -0.1) is 0 Å².